The third-order valence-corrected chi connectivity index (χ3v) is 5.07. The molecule has 1 N–H and O–H groups in total. The molecule has 4 rings (SSSR count). The number of ether oxygens (including phenoxy) is 1. The van der Waals surface area contributed by atoms with E-state index in [9.17, 15) is 9.59 Å². The largest absolute Gasteiger partial charge is 0.489 e. The van der Waals surface area contributed by atoms with Crippen LogP contribution in [0, 0.1) is 5.92 Å². The molecule has 7 nitrogen and oxygen atoms in total. The summed E-state index contributed by atoms with van der Waals surface area (Å²) in [5.41, 5.74) is 1.82. The maximum atomic E-state index is 12.7. The van der Waals surface area contributed by atoms with Gasteiger partial charge >= 0.3 is 0 Å². The number of fused-ring (bicyclic) bond motifs is 2. The molecule has 0 saturated carbocycles. The summed E-state index contributed by atoms with van der Waals surface area (Å²) >= 11 is 0. The van der Waals surface area contributed by atoms with Gasteiger partial charge in [0.25, 0.3) is 11.8 Å². The number of para-hydroxylation sites is 2. The second-order valence-electron chi connectivity index (χ2n) is 6.98. The van der Waals surface area contributed by atoms with Crippen molar-refractivity contribution in [2.75, 3.05) is 18.6 Å². The Bertz CT molecular complexity index is 860. The molecule has 0 fully saturated rings. The number of benzene rings is 1. The standard InChI is InChI=1S/C19H21N3O4/c1-11-7-8-15-12(9-11)17(21-26-15)18(23)20-13-10-25-16-6-4-3-5-14(16)22(2)19(13)24/h3-6,11,13H,7-10H2,1-2H3,(H,20,23). The number of hydrogen-bond donors (Lipinski definition) is 1. The van der Waals surface area contributed by atoms with Crippen molar-refractivity contribution in [1.82, 2.24) is 10.5 Å². The van der Waals surface area contributed by atoms with E-state index < -0.39 is 11.9 Å². The molecule has 0 spiro atoms. The van der Waals surface area contributed by atoms with E-state index in [1.54, 1.807) is 13.1 Å². The van der Waals surface area contributed by atoms with Crippen LogP contribution in [-0.4, -0.2) is 36.7 Å². The molecule has 0 saturated heterocycles. The van der Waals surface area contributed by atoms with Crippen molar-refractivity contribution in [3.8, 4) is 5.75 Å². The number of anilines is 1. The Labute approximate surface area is 151 Å². The molecule has 1 aliphatic carbocycles. The molecule has 2 heterocycles. The molecule has 2 amide bonds. The number of amides is 2. The molecular formula is C19H21N3O4. The molecule has 7 heteroatoms. The van der Waals surface area contributed by atoms with Gasteiger partial charge in [0.05, 0.1) is 5.69 Å². The van der Waals surface area contributed by atoms with Gasteiger partial charge < -0.3 is 19.5 Å². The van der Waals surface area contributed by atoms with Gasteiger partial charge in [-0.1, -0.05) is 24.2 Å². The number of carbonyl (C=O) groups excluding carboxylic acids is 2. The fourth-order valence-electron chi connectivity index (χ4n) is 3.54. The summed E-state index contributed by atoms with van der Waals surface area (Å²) < 4.78 is 11.1. The highest BCUT2D eigenvalue weighted by Gasteiger charge is 2.33. The van der Waals surface area contributed by atoms with Gasteiger partial charge in [-0.25, -0.2) is 0 Å². The Hall–Kier alpha value is -2.83. The smallest absolute Gasteiger partial charge is 0.274 e. The Morgan fingerprint density at radius 1 is 1.35 bits per heavy atom. The van der Waals surface area contributed by atoms with Gasteiger partial charge in [-0.05, 0) is 30.9 Å². The second kappa shape index (κ2) is 6.48. The van der Waals surface area contributed by atoms with Gasteiger partial charge in [-0.15, -0.1) is 0 Å². The summed E-state index contributed by atoms with van der Waals surface area (Å²) in [6.45, 7) is 2.22. The first-order chi connectivity index (χ1) is 12.5. The van der Waals surface area contributed by atoms with Crippen LogP contribution >= 0.6 is 0 Å². The number of carbonyl (C=O) groups is 2. The molecule has 2 unspecified atom stereocenters. The van der Waals surface area contributed by atoms with E-state index in [1.807, 2.05) is 18.2 Å². The van der Waals surface area contributed by atoms with E-state index in [4.69, 9.17) is 9.26 Å². The molecule has 136 valence electrons. The fraction of sp³-hybridized carbons (Fsp3) is 0.421. The van der Waals surface area contributed by atoms with Crippen molar-refractivity contribution in [3.63, 3.8) is 0 Å². The van der Waals surface area contributed by atoms with Crippen molar-refractivity contribution in [2.45, 2.75) is 32.2 Å². The molecule has 26 heavy (non-hydrogen) atoms. The quantitative estimate of drug-likeness (QED) is 0.890. The number of likely N-dealkylation sites (N-methyl/N-ethyl adjacent to an activating group) is 1. The molecular weight excluding hydrogens is 334 g/mol. The SMILES string of the molecule is CC1CCc2onc(C(=O)NC3COc4ccccc4N(C)C3=O)c2C1. The minimum absolute atomic E-state index is 0.0718. The lowest BCUT2D eigenvalue weighted by molar-refractivity contribution is -0.120. The van der Waals surface area contributed by atoms with Gasteiger partial charge in [-0.3, -0.25) is 9.59 Å². The van der Waals surface area contributed by atoms with E-state index >= 15 is 0 Å². The first-order valence-electron chi connectivity index (χ1n) is 8.82. The average Bonchev–Trinajstić information content (AvgIpc) is 3.02. The van der Waals surface area contributed by atoms with E-state index in [1.165, 1.54) is 4.90 Å². The lowest BCUT2D eigenvalue weighted by Crippen LogP contribution is -2.49. The summed E-state index contributed by atoms with van der Waals surface area (Å²) in [6.07, 6.45) is 2.59. The van der Waals surface area contributed by atoms with Crippen LogP contribution in [0.15, 0.2) is 28.8 Å². The number of hydrogen-bond acceptors (Lipinski definition) is 5. The van der Waals surface area contributed by atoms with Gasteiger partial charge in [0.15, 0.2) is 5.69 Å². The van der Waals surface area contributed by atoms with Gasteiger partial charge in [0.2, 0.25) is 0 Å². The topological polar surface area (TPSA) is 84.7 Å². The zero-order valence-electron chi connectivity index (χ0n) is 14.8. The van der Waals surface area contributed by atoms with Crippen molar-refractivity contribution in [2.24, 2.45) is 5.92 Å². The minimum Gasteiger partial charge on any atom is -0.489 e. The Morgan fingerprint density at radius 2 is 2.15 bits per heavy atom. The van der Waals surface area contributed by atoms with E-state index in [0.717, 1.165) is 30.6 Å². The first-order valence-corrected chi connectivity index (χ1v) is 8.82. The van der Waals surface area contributed by atoms with Crippen LogP contribution in [0.4, 0.5) is 5.69 Å². The summed E-state index contributed by atoms with van der Waals surface area (Å²) in [4.78, 5) is 27.0. The van der Waals surface area contributed by atoms with Crippen molar-refractivity contribution < 1.29 is 18.8 Å². The monoisotopic (exact) mass is 355 g/mol. The second-order valence-corrected chi connectivity index (χ2v) is 6.98. The van der Waals surface area contributed by atoms with Crippen LogP contribution in [0.3, 0.4) is 0 Å². The van der Waals surface area contributed by atoms with Crippen LogP contribution in [0.5, 0.6) is 5.75 Å². The van der Waals surface area contributed by atoms with Crippen molar-refractivity contribution in [3.05, 3.63) is 41.3 Å². The maximum Gasteiger partial charge on any atom is 0.274 e. The lowest BCUT2D eigenvalue weighted by Gasteiger charge is -2.20. The van der Waals surface area contributed by atoms with Gasteiger partial charge in [-0.2, -0.15) is 0 Å². The van der Waals surface area contributed by atoms with E-state index in [2.05, 4.69) is 17.4 Å². The highest BCUT2D eigenvalue weighted by atomic mass is 16.5. The molecule has 2 atom stereocenters. The zero-order valence-corrected chi connectivity index (χ0v) is 14.8. The molecule has 2 aliphatic rings. The molecule has 0 radical (unpaired) electrons. The Balaban J connectivity index is 1.54. The molecule has 1 aliphatic heterocycles. The summed E-state index contributed by atoms with van der Waals surface area (Å²) in [5, 5.41) is 6.72. The van der Waals surface area contributed by atoms with Crippen molar-refractivity contribution in [1.29, 1.82) is 0 Å². The fourth-order valence-corrected chi connectivity index (χ4v) is 3.54. The Kier molecular flexibility index (Phi) is 4.14. The first kappa shape index (κ1) is 16.6. The predicted molar refractivity (Wildman–Crippen MR) is 94.3 cm³/mol. The van der Waals surface area contributed by atoms with Crippen LogP contribution in [0.1, 0.15) is 35.2 Å². The summed E-state index contributed by atoms with van der Waals surface area (Å²) in [5.74, 6) is 1.25. The summed E-state index contributed by atoms with van der Waals surface area (Å²) in [6, 6.07) is 6.52. The van der Waals surface area contributed by atoms with Crippen LogP contribution in [0.25, 0.3) is 0 Å². The predicted octanol–water partition coefficient (Wildman–Crippen LogP) is 1.95. The van der Waals surface area contributed by atoms with E-state index in [0.29, 0.717) is 17.4 Å². The third-order valence-electron chi connectivity index (χ3n) is 5.07. The van der Waals surface area contributed by atoms with E-state index in [-0.39, 0.29) is 18.2 Å². The third kappa shape index (κ3) is 2.83. The van der Waals surface area contributed by atoms with Crippen LogP contribution < -0.4 is 15.0 Å². The Morgan fingerprint density at radius 3 is 3.00 bits per heavy atom. The number of aromatic nitrogens is 1. The lowest BCUT2D eigenvalue weighted by atomic mass is 9.88. The number of aryl methyl sites for hydroxylation is 1. The van der Waals surface area contributed by atoms with Crippen LogP contribution in [-0.2, 0) is 17.6 Å². The number of rotatable bonds is 2. The molecule has 1 aromatic carbocycles. The normalized spacial score (nSPS) is 22.1. The maximum absolute atomic E-state index is 12.7. The molecule has 2 aromatic rings. The average molecular weight is 355 g/mol. The molecule has 1 aromatic heterocycles. The van der Waals surface area contributed by atoms with Gasteiger partial charge in [0, 0.05) is 19.0 Å². The van der Waals surface area contributed by atoms with Crippen molar-refractivity contribution >= 4 is 17.5 Å². The number of nitrogens with zero attached hydrogens (tertiary/aromatic N) is 2. The van der Waals surface area contributed by atoms with Gasteiger partial charge in [0.1, 0.15) is 24.2 Å². The minimum atomic E-state index is -0.784. The zero-order chi connectivity index (χ0) is 18.3. The molecule has 0 bridgehead atoms. The number of nitrogens with one attached hydrogen (secondary N) is 1. The highest BCUT2D eigenvalue weighted by Crippen LogP contribution is 2.30. The van der Waals surface area contributed by atoms with Crippen LogP contribution in [0.2, 0.25) is 0 Å². The highest BCUT2D eigenvalue weighted by molar-refractivity contribution is 6.03. The summed E-state index contributed by atoms with van der Waals surface area (Å²) in [7, 11) is 1.68.